The fraction of sp³-hybridized carbons (Fsp3) is 0.357. The minimum atomic E-state index is -0.0633. The van der Waals surface area contributed by atoms with E-state index in [1.165, 1.54) is 0 Å². The van der Waals surface area contributed by atoms with E-state index < -0.39 is 0 Å². The summed E-state index contributed by atoms with van der Waals surface area (Å²) in [7, 11) is 1.89. The Morgan fingerprint density at radius 2 is 2.14 bits per heavy atom. The van der Waals surface area contributed by atoms with E-state index in [9.17, 15) is 0 Å². The number of halogens is 1. The number of hydrogen-bond acceptors (Lipinski definition) is 4. The molecular weight excluding hydrogens is 288 g/mol. The third-order valence-electron chi connectivity index (χ3n) is 3.48. The van der Waals surface area contributed by atoms with Gasteiger partial charge in [0.15, 0.2) is 0 Å². The van der Waals surface area contributed by atoms with Gasteiger partial charge in [0.1, 0.15) is 0 Å². The van der Waals surface area contributed by atoms with Gasteiger partial charge >= 0.3 is 0 Å². The summed E-state index contributed by atoms with van der Waals surface area (Å²) in [6.07, 6.45) is 9.92. The number of hydrogen-bond donors (Lipinski definition) is 1. The van der Waals surface area contributed by atoms with Crippen LogP contribution in [0.2, 0.25) is 5.02 Å². The molecule has 0 aromatic carbocycles. The zero-order valence-corrected chi connectivity index (χ0v) is 12.7. The predicted molar refractivity (Wildman–Crippen MR) is 81.3 cm³/mol. The zero-order chi connectivity index (χ0) is 14.8. The largest absolute Gasteiger partial charge is 0.305 e. The fourth-order valence-electron chi connectivity index (χ4n) is 2.46. The number of aryl methyl sites for hydroxylation is 1. The molecule has 3 rings (SSSR count). The lowest BCUT2D eigenvalue weighted by Gasteiger charge is -2.18. The molecule has 110 valence electrons. The molecule has 0 aliphatic carbocycles. The maximum Gasteiger partial charge on any atom is 0.0896 e. The molecule has 0 aliphatic rings. The van der Waals surface area contributed by atoms with Crippen molar-refractivity contribution in [3.63, 3.8) is 0 Å². The predicted octanol–water partition coefficient (Wildman–Crippen LogP) is 2.21. The first-order chi connectivity index (χ1) is 10.2. The molecule has 0 aliphatic heterocycles. The first-order valence-corrected chi connectivity index (χ1v) is 7.28. The normalized spacial score (nSPS) is 12.9. The van der Waals surface area contributed by atoms with Gasteiger partial charge in [-0.2, -0.15) is 10.2 Å². The number of nitrogens with zero attached hydrogens (tertiary/aromatic N) is 5. The van der Waals surface area contributed by atoms with Crippen LogP contribution in [0.3, 0.4) is 0 Å². The Balaban J connectivity index is 2.11. The summed E-state index contributed by atoms with van der Waals surface area (Å²) in [4.78, 5) is 4.19. The van der Waals surface area contributed by atoms with Crippen molar-refractivity contribution < 1.29 is 0 Å². The second-order valence-corrected chi connectivity index (χ2v) is 5.30. The van der Waals surface area contributed by atoms with E-state index in [1.807, 2.05) is 30.2 Å². The van der Waals surface area contributed by atoms with Crippen LogP contribution in [0, 0.1) is 0 Å². The number of fused-ring (bicyclic) bond motifs is 1. The van der Waals surface area contributed by atoms with Crippen molar-refractivity contribution in [1.82, 2.24) is 29.7 Å². The molecule has 3 aromatic heterocycles. The Morgan fingerprint density at radius 3 is 2.86 bits per heavy atom. The van der Waals surface area contributed by atoms with Crippen LogP contribution in [0.1, 0.15) is 30.6 Å². The second-order valence-electron chi connectivity index (χ2n) is 4.89. The molecule has 1 atom stereocenters. The lowest BCUT2D eigenvalue weighted by Crippen LogP contribution is -2.25. The van der Waals surface area contributed by atoms with Crippen LogP contribution in [-0.4, -0.2) is 30.9 Å². The van der Waals surface area contributed by atoms with E-state index in [2.05, 4.69) is 27.4 Å². The van der Waals surface area contributed by atoms with E-state index in [0.29, 0.717) is 5.02 Å². The van der Waals surface area contributed by atoms with Crippen LogP contribution in [0.15, 0.2) is 31.0 Å². The second kappa shape index (κ2) is 5.83. The van der Waals surface area contributed by atoms with Gasteiger partial charge in [-0.15, -0.1) is 0 Å². The molecule has 1 N–H and O–H groups in total. The Hall–Kier alpha value is -1.92. The molecule has 0 saturated heterocycles. The van der Waals surface area contributed by atoms with Crippen LogP contribution in [0.4, 0.5) is 0 Å². The molecule has 0 spiro atoms. The standard InChI is InChI=1S/C14H17ClN6/c1-3-4-17-13(14-11(15)8-18-20(14)2)10-7-19-21-6-5-16-9-12(10)21/h5-9,13,17H,3-4H2,1-2H3. The summed E-state index contributed by atoms with van der Waals surface area (Å²) in [5.41, 5.74) is 2.94. The van der Waals surface area contributed by atoms with Crippen molar-refractivity contribution in [1.29, 1.82) is 0 Å². The van der Waals surface area contributed by atoms with E-state index in [4.69, 9.17) is 11.6 Å². The van der Waals surface area contributed by atoms with Crippen molar-refractivity contribution in [2.75, 3.05) is 6.54 Å². The summed E-state index contributed by atoms with van der Waals surface area (Å²) in [5, 5.41) is 12.8. The van der Waals surface area contributed by atoms with E-state index in [0.717, 1.165) is 29.7 Å². The van der Waals surface area contributed by atoms with Gasteiger partial charge < -0.3 is 5.32 Å². The van der Waals surface area contributed by atoms with Crippen LogP contribution in [-0.2, 0) is 7.05 Å². The molecule has 3 heterocycles. The van der Waals surface area contributed by atoms with E-state index >= 15 is 0 Å². The topological polar surface area (TPSA) is 60.0 Å². The number of rotatable bonds is 5. The summed E-state index contributed by atoms with van der Waals surface area (Å²) in [6, 6.07) is -0.0633. The lowest BCUT2D eigenvalue weighted by atomic mass is 10.1. The minimum absolute atomic E-state index is 0.0633. The molecule has 1 unspecified atom stereocenters. The summed E-state index contributed by atoms with van der Waals surface area (Å²) >= 11 is 6.32. The van der Waals surface area contributed by atoms with Crippen LogP contribution in [0.25, 0.3) is 5.52 Å². The molecule has 0 saturated carbocycles. The quantitative estimate of drug-likeness (QED) is 0.785. The van der Waals surface area contributed by atoms with Crippen molar-refractivity contribution in [3.05, 3.63) is 47.3 Å². The Bertz CT molecular complexity index is 727. The molecule has 6 nitrogen and oxygen atoms in total. The van der Waals surface area contributed by atoms with Crippen molar-refractivity contribution in [2.24, 2.45) is 7.05 Å². The fourth-order valence-corrected chi connectivity index (χ4v) is 2.74. The molecule has 0 bridgehead atoms. The molecule has 0 amide bonds. The molecule has 21 heavy (non-hydrogen) atoms. The van der Waals surface area contributed by atoms with Gasteiger partial charge in [-0.05, 0) is 13.0 Å². The zero-order valence-electron chi connectivity index (χ0n) is 12.0. The third-order valence-corrected chi connectivity index (χ3v) is 3.77. The van der Waals surface area contributed by atoms with Gasteiger partial charge in [0.2, 0.25) is 0 Å². The van der Waals surface area contributed by atoms with Crippen molar-refractivity contribution in [2.45, 2.75) is 19.4 Å². The Labute approximate surface area is 127 Å². The average Bonchev–Trinajstić information content (AvgIpc) is 3.06. The smallest absolute Gasteiger partial charge is 0.0896 e. The number of nitrogens with one attached hydrogen (secondary N) is 1. The first-order valence-electron chi connectivity index (χ1n) is 6.90. The van der Waals surface area contributed by atoms with Crippen molar-refractivity contribution in [3.8, 4) is 0 Å². The molecule has 0 radical (unpaired) electrons. The lowest BCUT2D eigenvalue weighted by molar-refractivity contribution is 0.556. The van der Waals surface area contributed by atoms with Gasteiger partial charge in [0.05, 0.1) is 40.9 Å². The van der Waals surface area contributed by atoms with Gasteiger partial charge in [0, 0.05) is 25.0 Å². The highest BCUT2D eigenvalue weighted by Crippen LogP contribution is 2.30. The van der Waals surface area contributed by atoms with E-state index in [1.54, 1.807) is 17.1 Å². The Kier molecular flexibility index (Phi) is 3.90. The van der Waals surface area contributed by atoms with Crippen molar-refractivity contribution >= 4 is 17.1 Å². The summed E-state index contributed by atoms with van der Waals surface area (Å²) < 4.78 is 3.61. The van der Waals surface area contributed by atoms with E-state index in [-0.39, 0.29) is 6.04 Å². The third kappa shape index (κ3) is 2.52. The van der Waals surface area contributed by atoms with Crippen LogP contribution in [0.5, 0.6) is 0 Å². The van der Waals surface area contributed by atoms with Crippen LogP contribution >= 0.6 is 11.6 Å². The molecule has 3 aromatic rings. The number of aromatic nitrogens is 5. The monoisotopic (exact) mass is 304 g/mol. The maximum absolute atomic E-state index is 6.32. The highest BCUT2D eigenvalue weighted by molar-refractivity contribution is 6.31. The first kappa shape index (κ1) is 14.0. The van der Waals surface area contributed by atoms with Gasteiger partial charge in [-0.3, -0.25) is 9.67 Å². The average molecular weight is 305 g/mol. The summed E-state index contributed by atoms with van der Waals surface area (Å²) in [6.45, 7) is 3.01. The highest BCUT2D eigenvalue weighted by atomic mass is 35.5. The highest BCUT2D eigenvalue weighted by Gasteiger charge is 2.23. The molecular formula is C14H17ClN6. The Morgan fingerprint density at radius 1 is 1.29 bits per heavy atom. The summed E-state index contributed by atoms with van der Waals surface area (Å²) in [5.74, 6) is 0. The van der Waals surface area contributed by atoms with Gasteiger partial charge in [-0.25, -0.2) is 4.52 Å². The SMILES string of the molecule is CCCNC(c1cnn2ccncc12)c1c(Cl)cnn1C. The minimum Gasteiger partial charge on any atom is -0.305 e. The van der Waals surface area contributed by atoms with Gasteiger partial charge in [0.25, 0.3) is 0 Å². The maximum atomic E-state index is 6.32. The van der Waals surface area contributed by atoms with Gasteiger partial charge in [-0.1, -0.05) is 18.5 Å². The molecule has 7 heteroatoms. The van der Waals surface area contributed by atoms with Crippen LogP contribution < -0.4 is 5.32 Å². The molecule has 0 fully saturated rings.